The number of aryl methyl sites for hydroxylation is 1. The lowest BCUT2D eigenvalue weighted by atomic mass is 10.1. The van der Waals surface area contributed by atoms with Gasteiger partial charge in [0.25, 0.3) is 11.6 Å². The van der Waals surface area contributed by atoms with E-state index in [0.29, 0.717) is 11.5 Å². The van der Waals surface area contributed by atoms with Gasteiger partial charge in [0.1, 0.15) is 0 Å². The zero-order chi connectivity index (χ0) is 18.5. The highest BCUT2D eigenvalue weighted by molar-refractivity contribution is 6.00. The topological polar surface area (TPSA) is 111 Å². The van der Waals surface area contributed by atoms with Crippen LogP contribution in [0.1, 0.15) is 11.1 Å². The van der Waals surface area contributed by atoms with Gasteiger partial charge < -0.3 is 4.42 Å². The molecule has 0 bridgehead atoms. The summed E-state index contributed by atoms with van der Waals surface area (Å²) < 4.78 is 5.41. The number of carbonyl (C=O) groups is 1. The molecule has 26 heavy (non-hydrogen) atoms. The Labute approximate surface area is 148 Å². The van der Waals surface area contributed by atoms with E-state index in [9.17, 15) is 14.9 Å². The molecule has 0 fully saturated rings. The molecule has 0 radical (unpaired) electrons. The van der Waals surface area contributed by atoms with Gasteiger partial charge in [0.05, 0.1) is 4.92 Å². The van der Waals surface area contributed by atoms with Crippen LogP contribution in [0.25, 0.3) is 17.5 Å². The van der Waals surface area contributed by atoms with Crippen molar-refractivity contribution in [3.63, 3.8) is 0 Å². The first-order valence-electron chi connectivity index (χ1n) is 7.65. The van der Waals surface area contributed by atoms with Crippen LogP contribution in [0.5, 0.6) is 0 Å². The monoisotopic (exact) mass is 350 g/mol. The Kier molecular flexibility index (Phi) is 4.84. The molecule has 2 aromatic carbocycles. The number of non-ortho nitro benzene ring substituents is 1. The van der Waals surface area contributed by atoms with Gasteiger partial charge in [-0.15, -0.1) is 5.10 Å². The fraction of sp³-hybridized carbons (Fsp3) is 0.0556. The first-order chi connectivity index (χ1) is 12.5. The van der Waals surface area contributed by atoms with Gasteiger partial charge in [0, 0.05) is 23.8 Å². The van der Waals surface area contributed by atoms with Gasteiger partial charge in [-0.3, -0.25) is 20.2 Å². The Morgan fingerprint density at radius 3 is 2.69 bits per heavy atom. The van der Waals surface area contributed by atoms with Crippen LogP contribution in [0.3, 0.4) is 0 Å². The summed E-state index contributed by atoms with van der Waals surface area (Å²) in [4.78, 5) is 22.2. The third kappa shape index (κ3) is 4.18. The molecule has 8 heteroatoms. The van der Waals surface area contributed by atoms with E-state index in [1.54, 1.807) is 12.1 Å². The maximum absolute atomic E-state index is 11.9. The average Bonchev–Trinajstić information content (AvgIpc) is 3.09. The Bertz CT molecular complexity index is 977. The molecule has 8 nitrogen and oxygen atoms in total. The van der Waals surface area contributed by atoms with Gasteiger partial charge in [0.15, 0.2) is 0 Å². The largest absolute Gasteiger partial charge is 0.403 e. The molecule has 3 aromatic rings. The molecule has 1 amide bonds. The SMILES string of the molecule is Cc1ccc(-c2nnc(NC(=O)C=Cc3cccc([N+](=O)[O-])c3)o2)cc1. The zero-order valence-corrected chi connectivity index (χ0v) is 13.7. The lowest BCUT2D eigenvalue weighted by molar-refractivity contribution is -0.384. The number of aromatic nitrogens is 2. The highest BCUT2D eigenvalue weighted by Crippen LogP contribution is 2.20. The Morgan fingerprint density at radius 1 is 1.19 bits per heavy atom. The molecule has 0 atom stereocenters. The number of hydrogen-bond donors (Lipinski definition) is 1. The first-order valence-corrected chi connectivity index (χ1v) is 7.65. The van der Waals surface area contributed by atoms with E-state index in [2.05, 4.69) is 15.5 Å². The molecule has 0 spiro atoms. The summed E-state index contributed by atoms with van der Waals surface area (Å²) in [6.45, 7) is 1.97. The molecule has 0 saturated carbocycles. The molecule has 0 saturated heterocycles. The summed E-state index contributed by atoms with van der Waals surface area (Å²) >= 11 is 0. The standard InChI is InChI=1S/C18H14N4O4/c1-12-5-8-14(9-6-12)17-20-21-18(26-17)19-16(23)10-7-13-3-2-4-15(11-13)22(24)25/h2-11H,1H3,(H,19,21,23). The Morgan fingerprint density at radius 2 is 1.96 bits per heavy atom. The van der Waals surface area contributed by atoms with Gasteiger partial charge >= 0.3 is 6.01 Å². The molecule has 130 valence electrons. The number of anilines is 1. The number of amides is 1. The van der Waals surface area contributed by atoms with E-state index in [0.717, 1.165) is 11.1 Å². The lowest BCUT2D eigenvalue weighted by Gasteiger charge is -1.97. The quantitative estimate of drug-likeness (QED) is 0.427. The molecule has 0 aliphatic carbocycles. The van der Waals surface area contributed by atoms with Crippen molar-refractivity contribution in [3.8, 4) is 11.5 Å². The summed E-state index contributed by atoms with van der Waals surface area (Å²) in [7, 11) is 0. The number of hydrogen-bond acceptors (Lipinski definition) is 6. The highest BCUT2D eigenvalue weighted by atomic mass is 16.6. The van der Waals surface area contributed by atoms with Crippen molar-refractivity contribution in [3.05, 3.63) is 75.8 Å². The molecule has 1 heterocycles. The summed E-state index contributed by atoms with van der Waals surface area (Å²) in [5.74, 6) is -0.196. The smallest absolute Gasteiger partial charge is 0.322 e. The van der Waals surface area contributed by atoms with Crippen molar-refractivity contribution in [2.45, 2.75) is 6.92 Å². The number of nitrogens with one attached hydrogen (secondary N) is 1. The van der Waals surface area contributed by atoms with E-state index in [1.807, 2.05) is 31.2 Å². The number of nitro benzene ring substituents is 1. The fourth-order valence-corrected chi connectivity index (χ4v) is 2.15. The lowest BCUT2D eigenvalue weighted by Crippen LogP contribution is -2.07. The van der Waals surface area contributed by atoms with Gasteiger partial charge in [-0.05, 0) is 30.7 Å². The second-order valence-corrected chi connectivity index (χ2v) is 5.45. The molecule has 1 N–H and O–H groups in total. The zero-order valence-electron chi connectivity index (χ0n) is 13.7. The summed E-state index contributed by atoms with van der Waals surface area (Å²) in [5, 5.41) is 20.9. The van der Waals surface area contributed by atoms with Crippen LogP contribution < -0.4 is 5.32 Å². The number of rotatable bonds is 5. The van der Waals surface area contributed by atoms with Gasteiger partial charge in [-0.2, -0.15) is 0 Å². The van der Waals surface area contributed by atoms with Crippen molar-refractivity contribution in [1.29, 1.82) is 0 Å². The number of benzene rings is 2. The third-order valence-electron chi connectivity index (χ3n) is 3.46. The van der Waals surface area contributed by atoms with Crippen LogP contribution in [0.2, 0.25) is 0 Å². The minimum absolute atomic E-state index is 0.0331. The number of carbonyl (C=O) groups excluding carboxylic acids is 1. The van der Waals surface area contributed by atoms with Crippen LogP contribution in [-0.4, -0.2) is 21.0 Å². The maximum Gasteiger partial charge on any atom is 0.322 e. The van der Waals surface area contributed by atoms with Crippen LogP contribution in [0, 0.1) is 17.0 Å². The van der Waals surface area contributed by atoms with Gasteiger partial charge in [0.2, 0.25) is 5.89 Å². The third-order valence-corrected chi connectivity index (χ3v) is 3.46. The van der Waals surface area contributed by atoms with Crippen LogP contribution >= 0.6 is 0 Å². The van der Waals surface area contributed by atoms with Crippen molar-refractivity contribution in [1.82, 2.24) is 10.2 Å². The van der Waals surface area contributed by atoms with Gasteiger partial charge in [-0.1, -0.05) is 34.9 Å². The van der Waals surface area contributed by atoms with Crippen LogP contribution in [-0.2, 0) is 4.79 Å². The summed E-state index contributed by atoms with van der Waals surface area (Å²) in [5.41, 5.74) is 2.33. The molecule has 0 unspecified atom stereocenters. The molecular formula is C18H14N4O4. The van der Waals surface area contributed by atoms with Gasteiger partial charge in [-0.25, -0.2) is 0 Å². The predicted molar refractivity (Wildman–Crippen MR) is 95.2 cm³/mol. The molecule has 3 rings (SSSR count). The molecule has 1 aromatic heterocycles. The first kappa shape index (κ1) is 17.0. The highest BCUT2D eigenvalue weighted by Gasteiger charge is 2.10. The second-order valence-electron chi connectivity index (χ2n) is 5.45. The minimum atomic E-state index is -0.498. The van der Waals surface area contributed by atoms with E-state index in [4.69, 9.17) is 4.42 Å². The van der Waals surface area contributed by atoms with E-state index in [1.165, 1.54) is 24.3 Å². The van der Waals surface area contributed by atoms with Crippen molar-refractivity contribution >= 4 is 23.7 Å². The van der Waals surface area contributed by atoms with Crippen LogP contribution in [0.4, 0.5) is 11.7 Å². The minimum Gasteiger partial charge on any atom is -0.403 e. The van der Waals surface area contributed by atoms with Crippen molar-refractivity contribution < 1.29 is 14.1 Å². The van der Waals surface area contributed by atoms with E-state index < -0.39 is 10.8 Å². The van der Waals surface area contributed by atoms with Crippen LogP contribution in [0.15, 0.2) is 59.0 Å². The molecular weight excluding hydrogens is 336 g/mol. The van der Waals surface area contributed by atoms with E-state index >= 15 is 0 Å². The Balaban J connectivity index is 1.66. The Hall–Kier alpha value is -3.81. The predicted octanol–water partition coefficient (Wildman–Crippen LogP) is 3.61. The molecule has 0 aliphatic rings. The summed E-state index contributed by atoms with van der Waals surface area (Å²) in [6, 6.07) is 13.4. The second kappa shape index (κ2) is 7.39. The van der Waals surface area contributed by atoms with Crippen molar-refractivity contribution in [2.75, 3.05) is 5.32 Å². The van der Waals surface area contributed by atoms with Crippen molar-refractivity contribution in [2.24, 2.45) is 0 Å². The maximum atomic E-state index is 11.9. The normalized spacial score (nSPS) is 10.8. The van der Waals surface area contributed by atoms with E-state index in [-0.39, 0.29) is 11.7 Å². The number of nitro groups is 1. The molecule has 0 aliphatic heterocycles. The fourth-order valence-electron chi connectivity index (χ4n) is 2.15. The summed E-state index contributed by atoms with van der Waals surface area (Å²) in [6.07, 6.45) is 2.69. The number of nitrogens with zero attached hydrogens (tertiary/aromatic N) is 3. The average molecular weight is 350 g/mol.